The molecule has 0 radical (unpaired) electrons. The van der Waals surface area contributed by atoms with E-state index >= 15 is 0 Å². The molecule has 3 atom stereocenters. The van der Waals surface area contributed by atoms with E-state index in [1.807, 2.05) is 0 Å². The maximum absolute atomic E-state index is 13.2. The molecule has 0 saturated carbocycles. The number of halogens is 1. The van der Waals surface area contributed by atoms with E-state index < -0.39 is 14.1 Å². The second-order valence-electron chi connectivity index (χ2n) is 6.82. The number of nitrogens with zero attached hydrogens (tertiary/aromatic N) is 1. The Hall–Kier alpha value is -0.193. The summed E-state index contributed by atoms with van der Waals surface area (Å²) in [5, 5.41) is 0. The van der Waals surface area contributed by atoms with Crippen LogP contribution in [0.4, 0.5) is 4.39 Å². The van der Waals surface area contributed by atoms with Crippen molar-refractivity contribution in [3.05, 3.63) is 12.4 Å². The van der Waals surface area contributed by atoms with E-state index in [1.165, 1.54) is 38.0 Å². The Morgan fingerprint density at radius 1 is 1.16 bits per heavy atom. The molecule has 2 heterocycles. The van der Waals surface area contributed by atoms with Gasteiger partial charge in [-0.25, -0.2) is 4.39 Å². The Kier molecular flexibility index (Phi) is 4.85. The van der Waals surface area contributed by atoms with Gasteiger partial charge in [0.1, 0.15) is 5.83 Å². The molecule has 0 aromatic carbocycles. The van der Waals surface area contributed by atoms with Crippen molar-refractivity contribution in [3.8, 4) is 0 Å². The van der Waals surface area contributed by atoms with Crippen LogP contribution in [0.2, 0.25) is 24.2 Å². The lowest BCUT2D eigenvalue weighted by atomic mass is 9.93. The van der Waals surface area contributed by atoms with Crippen LogP contribution in [0.1, 0.15) is 26.7 Å². The summed E-state index contributed by atoms with van der Waals surface area (Å²) in [7, 11) is -0.855. The summed E-state index contributed by atoms with van der Waals surface area (Å²) in [6.07, 6.45) is 2.95. The van der Waals surface area contributed by atoms with Gasteiger partial charge in [0.15, 0.2) is 0 Å². The third-order valence-corrected chi connectivity index (χ3v) is 11.2. The molecule has 2 rings (SSSR count). The first-order valence-electron chi connectivity index (χ1n) is 7.79. The first-order chi connectivity index (χ1) is 8.95. The molecule has 110 valence electrons. The van der Waals surface area contributed by atoms with Crippen LogP contribution >= 0.6 is 0 Å². The van der Waals surface area contributed by atoms with Gasteiger partial charge in [0.25, 0.3) is 0 Å². The van der Waals surface area contributed by atoms with Crippen molar-refractivity contribution in [2.24, 2.45) is 11.7 Å². The van der Waals surface area contributed by atoms with Crippen molar-refractivity contribution in [2.45, 2.75) is 62.9 Å². The molecule has 19 heavy (non-hydrogen) atoms. The highest BCUT2D eigenvalue weighted by atomic mass is 28.3. The average molecular weight is 284 g/mol. The predicted molar refractivity (Wildman–Crippen MR) is 82.6 cm³/mol. The largest absolute Gasteiger partial charge is 0.322 e. The third kappa shape index (κ3) is 3.28. The van der Waals surface area contributed by atoms with Gasteiger partial charge in [-0.3, -0.25) is 0 Å². The Morgan fingerprint density at radius 3 is 2.16 bits per heavy atom. The Morgan fingerprint density at radius 2 is 1.68 bits per heavy atom. The van der Waals surface area contributed by atoms with Gasteiger partial charge in [0.05, 0.1) is 14.1 Å². The van der Waals surface area contributed by atoms with Crippen molar-refractivity contribution < 1.29 is 4.39 Å². The lowest BCUT2D eigenvalue weighted by Gasteiger charge is -2.43. The van der Waals surface area contributed by atoms with Crippen molar-refractivity contribution in [1.82, 2.24) is 4.90 Å². The van der Waals surface area contributed by atoms with Gasteiger partial charge in [-0.1, -0.05) is 38.4 Å². The van der Waals surface area contributed by atoms with Crippen LogP contribution in [0.5, 0.6) is 0 Å². The zero-order valence-corrected chi connectivity index (χ0v) is 13.5. The van der Waals surface area contributed by atoms with Crippen LogP contribution in [0.3, 0.4) is 0 Å². The van der Waals surface area contributed by atoms with Crippen molar-refractivity contribution in [2.75, 3.05) is 13.1 Å². The fourth-order valence-electron chi connectivity index (χ4n) is 3.95. The molecular weight excluding hydrogens is 255 g/mol. The Labute approximate surface area is 118 Å². The van der Waals surface area contributed by atoms with Crippen molar-refractivity contribution >= 4 is 8.07 Å². The third-order valence-electron chi connectivity index (χ3n) is 5.79. The minimum Gasteiger partial charge on any atom is -0.322 e. The van der Waals surface area contributed by atoms with Gasteiger partial charge in [0.2, 0.25) is 0 Å². The van der Waals surface area contributed by atoms with E-state index in [4.69, 9.17) is 5.73 Å². The van der Waals surface area contributed by atoms with E-state index in [9.17, 15) is 4.39 Å². The van der Waals surface area contributed by atoms with E-state index in [0.29, 0.717) is 6.04 Å². The summed E-state index contributed by atoms with van der Waals surface area (Å²) in [6.45, 7) is 10.0. The minimum atomic E-state index is -0.855. The van der Waals surface area contributed by atoms with Gasteiger partial charge in [-0.15, -0.1) is 0 Å². The predicted octanol–water partition coefficient (Wildman–Crippen LogP) is 3.38. The first kappa shape index (κ1) is 15.2. The highest BCUT2D eigenvalue weighted by Crippen LogP contribution is 2.39. The summed E-state index contributed by atoms with van der Waals surface area (Å²) in [6, 6.07) is 5.87. The smallest absolute Gasteiger partial charge is 0.110 e. The minimum absolute atomic E-state index is 0.136. The standard InChI is InChI=1S/C15H29FN2Si/c1-12(15(17)13(2)16)14(3)18-6-10-19(11-7-18)8-4-5-9-19/h12,14-15H,2,4-11,17H2,1,3H3/t12-,14-,15?/m0/s1. The molecule has 2 N–H and O–H groups in total. The fourth-order valence-corrected chi connectivity index (χ4v) is 8.97. The number of hydrogen-bond acceptors (Lipinski definition) is 2. The molecule has 0 bridgehead atoms. The molecular formula is C15H29FN2Si. The highest BCUT2D eigenvalue weighted by Gasteiger charge is 2.40. The zero-order valence-electron chi connectivity index (χ0n) is 12.5. The van der Waals surface area contributed by atoms with E-state index in [2.05, 4.69) is 25.3 Å². The summed E-state index contributed by atoms with van der Waals surface area (Å²) < 4.78 is 13.2. The van der Waals surface area contributed by atoms with Gasteiger partial charge in [-0.2, -0.15) is 0 Å². The molecule has 0 aromatic heterocycles. The summed E-state index contributed by atoms with van der Waals surface area (Å²) >= 11 is 0. The monoisotopic (exact) mass is 284 g/mol. The van der Waals surface area contributed by atoms with Crippen LogP contribution in [-0.2, 0) is 0 Å². The van der Waals surface area contributed by atoms with E-state index in [-0.39, 0.29) is 11.7 Å². The molecule has 4 heteroatoms. The number of rotatable bonds is 4. The molecule has 2 fully saturated rings. The molecule has 1 spiro atoms. The highest BCUT2D eigenvalue weighted by molar-refractivity contribution is 6.80. The molecule has 0 amide bonds. The Balaban J connectivity index is 1.88. The van der Waals surface area contributed by atoms with Crippen LogP contribution in [0, 0.1) is 5.92 Å². The molecule has 0 aliphatic carbocycles. The second kappa shape index (κ2) is 6.06. The fraction of sp³-hybridized carbons (Fsp3) is 0.867. The van der Waals surface area contributed by atoms with Crippen molar-refractivity contribution in [1.29, 1.82) is 0 Å². The second-order valence-corrected chi connectivity index (χ2v) is 11.8. The maximum atomic E-state index is 13.2. The van der Waals surface area contributed by atoms with Gasteiger partial charge >= 0.3 is 0 Å². The van der Waals surface area contributed by atoms with Crippen LogP contribution < -0.4 is 5.73 Å². The first-order valence-corrected chi connectivity index (χ1v) is 10.6. The van der Waals surface area contributed by atoms with Crippen LogP contribution in [-0.4, -0.2) is 38.1 Å². The molecule has 0 aromatic rings. The number of nitrogens with two attached hydrogens (primary N) is 1. The van der Waals surface area contributed by atoms with Crippen LogP contribution in [0.15, 0.2) is 12.4 Å². The lowest BCUT2D eigenvalue weighted by Crippen LogP contribution is -2.52. The normalized spacial score (nSPS) is 28.2. The van der Waals surface area contributed by atoms with Crippen molar-refractivity contribution in [3.63, 3.8) is 0 Å². The number of hydrogen-bond donors (Lipinski definition) is 1. The molecule has 2 aliphatic heterocycles. The molecule has 2 nitrogen and oxygen atoms in total. The van der Waals surface area contributed by atoms with E-state index in [1.54, 1.807) is 12.1 Å². The Bertz CT molecular complexity index is 318. The zero-order chi connectivity index (χ0) is 14.0. The van der Waals surface area contributed by atoms with E-state index in [0.717, 1.165) is 0 Å². The quantitative estimate of drug-likeness (QED) is 0.802. The molecule has 2 aliphatic rings. The van der Waals surface area contributed by atoms with Crippen LogP contribution in [0.25, 0.3) is 0 Å². The summed E-state index contributed by atoms with van der Waals surface area (Å²) in [4.78, 5) is 2.53. The SMILES string of the molecule is C=C(F)C(N)[C@@H](C)[C@H](C)N1CC[Si]2(CCCC2)CC1. The summed E-state index contributed by atoms with van der Waals surface area (Å²) in [5.41, 5.74) is 5.89. The van der Waals surface area contributed by atoms with Gasteiger partial charge in [-0.05, 0) is 38.0 Å². The summed E-state index contributed by atoms with van der Waals surface area (Å²) in [5.74, 6) is -0.241. The molecule has 2 saturated heterocycles. The lowest BCUT2D eigenvalue weighted by molar-refractivity contribution is 0.156. The van der Waals surface area contributed by atoms with Gasteiger partial charge < -0.3 is 10.6 Å². The van der Waals surface area contributed by atoms with Gasteiger partial charge in [0, 0.05) is 6.04 Å². The molecule has 1 unspecified atom stereocenters. The maximum Gasteiger partial charge on any atom is 0.110 e. The topological polar surface area (TPSA) is 29.3 Å². The average Bonchev–Trinajstić information content (AvgIpc) is 2.85.